The summed E-state index contributed by atoms with van der Waals surface area (Å²) in [6, 6.07) is 3.97. The maximum absolute atomic E-state index is 11.4. The zero-order valence-corrected chi connectivity index (χ0v) is 13.8. The predicted octanol–water partition coefficient (Wildman–Crippen LogP) is 0.203. The normalized spacial score (nSPS) is 19.7. The molecule has 0 radical (unpaired) electrons. The van der Waals surface area contributed by atoms with Crippen molar-refractivity contribution in [2.45, 2.75) is 12.7 Å². The predicted molar refractivity (Wildman–Crippen MR) is 82.8 cm³/mol. The second-order valence-corrected chi connectivity index (χ2v) is 8.23. The minimum absolute atomic E-state index is 0.296. The second kappa shape index (κ2) is 7.66. The fourth-order valence-electron chi connectivity index (χ4n) is 2.28. The number of rotatable bonds is 7. The molecule has 8 heteroatoms. The van der Waals surface area contributed by atoms with Gasteiger partial charge in [0.15, 0.2) is 0 Å². The molecule has 1 saturated heterocycles. The Bertz CT molecular complexity index is 510. The summed E-state index contributed by atoms with van der Waals surface area (Å²) in [4.78, 5) is 3.21. The molecular formula is C13H22N2O4S2. The van der Waals surface area contributed by atoms with Crippen molar-refractivity contribution in [3.05, 3.63) is 22.4 Å². The lowest BCUT2D eigenvalue weighted by molar-refractivity contribution is 0.00613. The van der Waals surface area contributed by atoms with Crippen LogP contribution < -0.4 is 0 Å². The van der Waals surface area contributed by atoms with E-state index in [9.17, 15) is 13.5 Å². The molecule has 0 saturated carbocycles. The minimum atomic E-state index is -3.10. The number of hydrogen-bond donors (Lipinski definition) is 1. The van der Waals surface area contributed by atoms with E-state index < -0.39 is 16.1 Å². The third-order valence-corrected chi connectivity index (χ3v) is 5.56. The van der Waals surface area contributed by atoms with Gasteiger partial charge in [-0.1, -0.05) is 6.07 Å². The molecule has 1 atom stereocenters. The molecule has 0 aromatic carbocycles. The Morgan fingerprint density at radius 2 is 2.10 bits per heavy atom. The van der Waals surface area contributed by atoms with Gasteiger partial charge in [-0.05, 0) is 11.4 Å². The number of aliphatic hydroxyl groups excluding tert-OH is 1. The summed E-state index contributed by atoms with van der Waals surface area (Å²) in [5, 5.41) is 12.0. The molecule has 2 heterocycles. The standard InChI is InChI=1S/C13H22N2O4S2/c1-21(17,18)15-6-4-14(5-7-15)9-12(16)10-19-11-13-3-2-8-20-13/h2-3,8,12,16H,4-7,9-11H2,1H3. The summed E-state index contributed by atoms with van der Waals surface area (Å²) in [7, 11) is -3.10. The number of sulfonamides is 1. The third-order valence-electron chi connectivity index (χ3n) is 3.40. The molecule has 0 amide bonds. The summed E-state index contributed by atoms with van der Waals surface area (Å²) in [6.07, 6.45) is 0.686. The SMILES string of the molecule is CS(=O)(=O)N1CCN(CC(O)COCc2cccs2)CC1. The molecule has 1 aliphatic heterocycles. The Kier molecular flexibility index (Phi) is 6.15. The van der Waals surface area contributed by atoms with Crippen LogP contribution in [0.4, 0.5) is 0 Å². The first kappa shape index (κ1) is 16.9. The maximum atomic E-state index is 11.4. The molecule has 0 aliphatic carbocycles. The Hall–Kier alpha value is -0.510. The van der Waals surface area contributed by atoms with Crippen LogP contribution >= 0.6 is 11.3 Å². The van der Waals surface area contributed by atoms with Crippen molar-refractivity contribution in [2.24, 2.45) is 0 Å². The summed E-state index contributed by atoms with van der Waals surface area (Å²) < 4.78 is 29.8. The fraction of sp³-hybridized carbons (Fsp3) is 0.692. The summed E-state index contributed by atoms with van der Waals surface area (Å²) in [5.41, 5.74) is 0. The van der Waals surface area contributed by atoms with E-state index in [1.54, 1.807) is 11.3 Å². The first-order valence-electron chi connectivity index (χ1n) is 6.91. The number of aliphatic hydroxyl groups is 1. The van der Waals surface area contributed by atoms with Gasteiger partial charge in [0.2, 0.25) is 10.0 Å². The number of ether oxygens (including phenoxy) is 1. The summed E-state index contributed by atoms with van der Waals surface area (Å²) in [5.74, 6) is 0. The van der Waals surface area contributed by atoms with Gasteiger partial charge in [-0.2, -0.15) is 4.31 Å². The van der Waals surface area contributed by atoms with Crippen molar-refractivity contribution < 1.29 is 18.3 Å². The molecule has 21 heavy (non-hydrogen) atoms. The van der Waals surface area contributed by atoms with Crippen LogP contribution in [0.3, 0.4) is 0 Å². The van der Waals surface area contributed by atoms with Gasteiger partial charge in [-0.3, -0.25) is 4.90 Å². The molecular weight excluding hydrogens is 312 g/mol. The van der Waals surface area contributed by atoms with E-state index in [4.69, 9.17) is 4.74 Å². The van der Waals surface area contributed by atoms with E-state index in [0.29, 0.717) is 45.9 Å². The lowest BCUT2D eigenvalue weighted by atomic mass is 10.3. The topological polar surface area (TPSA) is 70.1 Å². The monoisotopic (exact) mass is 334 g/mol. The summed E-state index contributed by atoms with van der Waals surface area (Å²) in [6.45, 7) is 3.61. The van der Waals surface area contributed by atoms with Crippen molar-refractivity contribution >= 4 is 21.4 Å². The molecule has 6 nitrogen and oxygen atoms in total. The van der Waals surface area contributed by atoms with Crippen molar-refractivity contribution in [2.75, 3.05) is 45.6 Å². The van der Waals surface area contributed by atoms with Crippen LogP contribution in [0.25, 0.3) is 0 Å². The van der Waals surface area contributed by atoms with Crippen molar-refractivity contribution in [1.82, 2.24) is 9.21 Å². The van der Waals surface area contributed by atoms with Crippen LogP contribution in [0.2, 0.25) is 0 Å². The highest BCUT2D eigenvalue weighted by Crippen LogP contribution is 2.10. The molecule has 0 spiro atoms. The van der Waals surface area contributed by atoms with E-state index >= 15 is 0 Å². The van der Waals surface area contributed by atoms with E-state index in [-0.39, 0.29) is 0 Å². The molecule has 1 N–H and O–H groups in total. The maximum Gasteiger partial charge on any atom is 0.211 e. The molecule has 0 bridgehead atoms. The average Bonchev–Trinajstić information content (AvgIpc) is 2.91. The lowest BCUT2D eigenvalue weighted by Gasteiger charge is -2.34. The Labute approximate surface area is 130 Å². The van der Waals surface area contributed by atoms with E-state index in [1.807, 2.05) is 17.5 Å². The number of hydrogen-bond acceptors (Lipinski definition) is 6. The van der Waals surface area contributed by atoms with Crippen LogP contribution in [0.5, 0.6) is 0 Å². The molecule has 1 fully saturated rings. The van der Waals surface area contributed by atoms with E-state index in [2.05, 4.69) is 4.90 Å². The Morgan fingerprint density at radius 1 is 1.38 bits per heavy atom. The van der Waals surface area contributed by atoms with Crippen LogP contribution in [0.15, 0.2) is 17.5 Å². The summed E-state index contributed by atoms with van der Waals surface area (Å²) >= 11 is 1.63. The number of nitrogens with zero attached hydrogens (tertiary/aromatic N) is 2. The number of β-amino-alcohol motifs (C(OH)–C–C–N with tert-alkyl or cyclic N) is 1. The highest BCUT2D eigenvalue weighted by atomic mass is 32.2. The molecule has 1 aromatic rings. The van der Waals surface area contributed by atoms with E-state index in [1.165, 1.54) is 10.6 Å². The second-order valence-electron chi connectivity index (χ2n) is 5.21. The van der Waals surface area contributed by atoms with Gasteiger partial charge in [-0.15, -0.1) is 11.3 Å². The largest absolute Gasteiger partial charge is 0.389 e. The fourth-order valence-corrected chi connectivity index (χ4v) is 3.75. The van der Waals surface area contributed by atoms with Crippen LogP contribution in [0.1, 0.15) is 4.88 Å². The van der Waals surface area contributed by atoms with Gasteiger partial charge in [0, 0.05) is 37.6 Å². The van der Waals surface area contributed by atoms with Gasteiger partial charge in [0.25, 0.3) is 0 Å². The lowest BCUT2D eigenvalue weighted by Crippen LogP contribution is -2.50. The van der Waals surface area contributed by atoms with Crippen molar-refractivity contribution in [1.29, 1.82) is 0 Å². The van der Waals surface area contributed by atoms with Gasteiger partial charge < -0.3 is 9.84 Å². The van der Waals surface area contributed by atoms with Crippen molar-refractivity contribution in [3.8, 4) is 0 Å². The van der Waals surface area contributed by atoms with Crippen molar-refractivity contribution in [3.63, 3.8) is 0 Å². The smallest absolute Gasteiger partial charge is 0.211 e. The Balaban J connectivity index is 1.64. The third kappa shape index (κ3) is 5.65. The van der Waals surface area contributed by atoms with Gasteiger partial charge in [0.05, 0.1) is 25.6 Å². The molecule has 1 aliphatic rings. The first-order chi connectivity index (χ1) is 9.95. The molecule has 120 valence electrons. The number of thiophene rings is 1. The average molecular weight is 334 g/mol. The first-order valence-corrected chi connectivity index (χ1v) is 9.63. The highest BCUT2D eigenvalue weighted by Gasteiger charge is 2.24. The highest BCUT2D eigenvalue weighted by molar-refractivity contribution is 7.88. The van der Waals surface area contributed by atoms with Crippen LogP contribution in [-0.4, -0.2) is 74.4 Å². The molecule has 2 rings (SSSR count). The van der Waals surface area contributed by atoms with E-state index in [0.717, 1.165) is 4.88 Å². The quantitative estimate of drug-likeness (QED) is 0.771. The Morgan fingerprint density at radius 3 is 2.67 bits per heavy atom. The van der Waals surface area contributed by atoms with Gasteiger partial charge >= 0.3 is 0 Å². The molecule has 1 unspecified atom stereocenters. The minimum Gasteiger partial charge on any atom is -0.389 e. The van der Waals surface area contributed by atoms with Crippen LogP contribution in [-0.2, 0) is 21.4 Å². The number of piperazine rings is 1. The van der Waals surface area contributed by atoms with Crippen LogP contribution in [0, 0.1) is 0 Å². The zero-order chi connectivity index (χ0) is 15.3. The van der Waals surface area contributed by atoms with Gasteiger partial charge in [0.1, 0.15) is 0 Å². The zero-order valence-electron chi connectivity index (χ0n) is 12.1. The molecule has 1 aromatic heterocycles. The van der Waals surface area contributed by atoms with Gasteiger partial charge in [-0.25, -0.2) is 8.42 Å².